The molecule has 1 aliphatic heterocycles. The number of benzene rings is 2. The van der Waals surface area contributed by atoms with Gasteiger partial charge in [0.05, 0.1) is 20.9 Å². The Morgan fingerprint density at radius 3 is 2.41 bits per heavy atom. The quantitative estimate of drug-likeness (QED) is 0.444. The van der Waals surface area contributed by atoms with Gasteiger partial charge in [0.2, 0.25) is 5.91 Å². The Bertz CT molecular complexity index is 1320. The van der Waals surface area contributed by atoms with Crippen LogP contribution in [-0.4, -0.2) is 39.2 Å². The van der Waals surface area contributed by atoms with Crippen molar-refractivity contribution in [2.24, 2.45) is 5.92 Å². The molecule has 34 heavy (non-hydrogen) atoms. The largest absolute Gasteiger partial charge is 0.343 e. The van der Waals surface area contributed by atoms with Gasteiger partial charge in [-0.3, -0.25) is 19.0 Å². The molecule has 2 heterocycles. The summed E-state index contributed by atoms with van der Waals surface area (Å²) in [5.41, 5.74) is 1.21. The first-order chi connectivity index (χ1) is 16.4. The maximum atomic E-state index is 13.0. The number of likely N-dealkylation sites (tertiary alicyclic amines) is 1. The first kappa shape index (κ1) is 23.1. The Hall–Kier alpha value is -2.70. The van der Waals surface area contributed by atoms with Gasteiger partial charge in [-0.2, -0.15) is 0 Å². The van der Waals surface area contributed by atoms with Crippen molar-refractivity contribution in [2.45, 2.75) is 44.6 Å². The molecular weight excluding hydrogens is 473 g/mol. The van der Waals surface area contributed by atoms with Gasteiger partial charge in [0.1, 0.15) is 5.82 Å². The molecule has 0 spiro atoms. The van der Waals surface area contributed by atoms with Gasteiger partial charge in [0.25, 0.3) is 5.56 Å². The molecule has 2 fully saturated rings. The summed E-state index contributed by atoms with van der Waals surface area (Å²) in [6.07, 6.45) is 3.90. The van der Waals surface area contributed by atoms with E-state index in [1.165, 1.54) is 0 Å². The molecule has 0 bridgehead atoms. The number of Topliss-reactive ketones (excluding diaryl/α,β-unsaturated/α-hetero) is 1. The van der Waals surface area contributed by atoms with Crippen LogP contribution in [0, 0.1) is 5.92 Å². The third kappa shape index (κ3) is 4.62. The molecule has 8 heteroatoms. The van der Waals surface area contributed by atoms with E-state index in [-0.39, 0.29) is 29.2 Å². The number of fused-ring (bicyclic) bond motifs is 1. The number of aromatic nitrogens is 2. The molecule has 0 unspecified atom stereocenters. The number of hydrogen-bond acceptors (Lipinski definition) is 4. The Morgan fingerprint density at radius 2 is 1.71 bits per heavy atom. The Morgan fingerprint density at radius 1 is 0.971 bits per heavy atom. The van der Waals surface area contributed by atoms with Gasteiger partial charge in [-0.1, -0.05) is 35.3 Å². The van der Waals surface area contributed by atoms with E-state index in [2.05, 4.69) is 0 Å². The molecule has 2 aliphatic rings. The number of hydrogen-bond donors (Lipinski definition) is 0. The van der Waals surface area contributed by atoms with Gasteiger partial charge in [0.15, 0.2) is 5.78 Å². The third-order valence-electron chi connectivity index (χ3n) is 6.78. The predicted molar refractivity (Wildman–Crippen MR) is 133 cm³/mol. The molecule has 1 aromatic heterocycles. The fourth-order valence-electron chi connectivity index (χ4n) is 4.73. The van der Waals surface area contributed by atoms with E-state index >= 15 is 0 Å². The smallest absolute Gasteiger partial charge is 0.261 e. The lowest BCUT2D eigenvalue weighted by atomic mass is 9.89. The lowest BCUT2D eigenvalue weighted by molar-refractivity contribution is -0.132. The minimum absolute atomic E-state index is 0.0165. The van der Waals surface area contributed by atoms with Crippen molar-refractivity contribution >= 4 is 45.8 Å². The van der Waals surface area contributed by atoms with Crippen LogP contribution in [0.2, 0.25) is 10.0 Å². The summed E-state index contributed by atoms with van der Waals surface area (Å²) < 4.78 is 1.79. The molecule has 0 radical (unpaired) electrons. The number of para-hydroxylation sites is 1. The highest BCUT2D eigenvalue weighted by Gasteiger charge is 2.30. The van der Waals surface area contributed by atoms with Crippen molar-refractivity contribution in [3.05, 3.63) is 74.3 Å². The molecule has 3 aromatic rings. The second-order valence-electron chi connectivity index (χ2n) is 9.10. The maximum Gasteiger partial charge on any atom is 0.261 e. The van der Waals surface area contributed by atoms with E-state index in [0.717, 1.165) is 12.8 Å². The molecular formula is C26H25Cl2N3O3. The number of rotatable bonds is 6. The number of ketones is 1. The van der Waals surface area contributed by atoms with Crippen LogP contribution in [0.25, 0.3) is 10.9 Å². The second-order valence-corrected chi connectivity index (χ2v) is 9.91. The molecule has 1 saturated carbocycles. The summed E-state index contributed by atoms with van der Waals surface area (Å²) >= 11 is 12.0. The topological polar surface area (TPSA) is 72.3 Å². The zero-order valence-corrected chi connectivity index (χ0v) is 20.2. The summed E-state index contributed by atoms with van der Waals surface area (Å²) in [6, 6.07) is 12.5. The van der Waals surface area contributed by atoms with E-state index in [9.17, 15) is 14.4 Å². The summed E-state index contributed by atoms with van der Waals surface area (Å²) in [6.45, 7) is 1.08. The Balaban J connectivity index is 1.22. The van der Waals surface area contributed by atoms with Crippen molar-refractivity contribution in [3.63, 3.8) is 0 Å². The monoisotopic (exact) mass is 497 g/mol. The third-order valence-corrected chi connectivity index (χ3v) is 7.52. The lowest BCUT2D eigenvalue weighted by Gasteiger charge is -2.31. The molecule has 1 amide bonds. The van der Waals surface area contributed by atoms with E-state index < -0.39 is 0 Å². The van der Waals surface area contributed by atoms with Crippen LogP contribution in [0.3, 0.4) is 0 Å². The number of halogens is 2. The van der Waals surface area contributed by atoms with Gasteiger partial charge < -0.3 is 4.90 Å². The molecule has 1 aliphatic carbocycles. The van der Waals surface area contributed by atoms with Crippen molar-refractivity contribution in [3.8, 4) is 0 Å². The first-order valence-electron chi connectivity index (χ1n) is 11.7. The van der Waals surface area contributed by atoms with Crippen LogP contribution in [-0.2, 0) is 11.2 Å². The van der Waals surface area contributed by atoms with Crippen LogP contribution < -0.4 is 5.56 Å². The van der Waals surface area contributed by atoms with Crippen molar-refractivity contribution in [1.29, 1.82) is 0 Å². The second kappa shape index (κ2) is 9.51. The number of carbonyl (C=O) groups is 2. The van der Waals surface area contributed by atoms with Crippen LogP contribution in [0.1, 0.15) is 54.3 Å². The van der Waals surface area contributed by atoms with Crippen molar-refractivity contribution in [2.75, 3.05) is 13.1 Å². The normalized spacial score (nSPS) is 16.7. The highest BCUT2D eigenvalue weighted by molar-refractivity contribution is 6.42. The van der Waals surface area contributed by atoms with E-state index in [0.29, 0.717) is 71.1 Å². The molecule has 6 nitrogen and oxygen atoms in total. The number of piperidine rings is 1. The average molecular weight is 498 g/mol. The van der Waals surface area contributed by atoms with Crippen LogP contribution in [0.5, 0.6) is 0 Å². The van der Waals surface area contributed by atoms with Crippen molar-refractivity contribution in [1.82, 2.24) is 14.5 Å². The molecule has 176 valence electrons. The van der Waals surface area contributed by atoms with E-state index in [4.69, 9.17) is 28.2 Å². The number of aryl methyl sites for hydroxylation is 1. The van der Waals surface area contributed by atoms with Gasteiger partial charge in [-0.05, 0) is 56.0 Å². The summed E-state index contributed by atoms with van der Waals surface area (Å²) in [4.78, 5) is 45.3. The van der Waals surface area contributed by atoms with Gasteiger partial charge in [0, 0.05) is 43.5 Å². The fourth-order valence-corrected chi connectivity index (χ4v) is 5.03. The minimum atomic E-state index is -0.136. The SMILES string of the molecule is O=C(c1ccc(Cl)c(Cl)c1)C1CCN(C(=O)CCc2nc3ccccc3c(=O)n2C2CC2)CC1. The minimum Gasteiger partial charge on any atom is -0.343 e. The molecule has 5 rings (SSSR count). The number of carbonyl (C=O) groups excluding carboxylic acids is 2. The van der Waals surface area contributed by atoms with Crippen LogP contribution >= 0.6 is 23.2 Å². The lowest BCUT2D eigenvalue weighted by Crippen LogP contribution is -2.40. The van der Waals surface area contributed by atoms with Gasteiger partial charge in [-0.25, -0.2) is 4.98 Å². The molecule has 0 N–H and O–H groups in total. The van der Waals surface area contributed by atoms with Crippen LogP contribution in [0.4, 0.5) is 0 Å². The Kier molecular flexibility index (Phi) is 6.45. The predicted octanol–water partition coefficient (Wildman–Crippen LogP) is 5.09. The van der Waals surface area contributed by atoms with E-state index in [1.54, 1.807) is 22.8 Å². The highest BCUT2D eigenvalue weighted by atomic mass is 35.5. The zero-order valence-electron chi connectivity index (χ0n) is 18.7. The summed E-state index contributed by atoms with van der Waals surface area (Å²) in [7, 11) is 0. The highest BCUT2D eigenvalue weighted by Crippen LogP contribution is 2.35. The van der Waals surface area contributed by atoms with Gasteiger partial charge in [-0.15, -0.1) is 0 Å². The molecule has 0 atom stereocenters. The first-order valence-corrected chi connectivity index (χ1v) is 12.4. The van der Waals surface area contributed by atoms with E-state index in [1.807, 2.05) is 29.2 Å². The average Bonchev–Trinajstić information content (AvgIpc) is 3.69. The zero-order chi connectivity index (χ0) is 23.8. The summed E-state index contributed by atoms with van der Waals surface area (Å²) in [5, 5.41) is 1.41. The summed E-state index contributed by atoms with van der Waals surface area (Å²) in [5.74, 6) is 0.623. The number of amides is 1. The number of nitrogens with zero attached hydrogens (tertiary/aromatic N) is 3. The standard InChI is InChI=1S/C26H25Cl2N3O3/c27-20-8-5-17(15-21(20)28)25(33)16-11-13-30(14-12-16)24(32)10-9-23-29-22-4-2-1-3-19(22)26(34)31(23)18-6-7-18/h1-5,8,15-16,18H,6-7,9-14H2. The van der Waals surface area contributed by atoms with Crippen molar-refractivity contribution < 1.29 is 9.59 Å². The Labute approximate surface area is 207 Å². The van der Waals surface area contributed by atoms with Gasteiger partial charge >= 0.3 is 0 Å². The molecule has 1 saturated heterocycles. The maximum absolute atomic E-state index is 13.0. The fraction of sp³-hybridized carbons (Fsp3) is 0.385. The van der Waals surface area contributed by atoms with Crippen LogP contribution in [0.15, 0.2) is 47.3 Å². The molecule has 2 aromatic carbocycles.